The van der Waals surface area contributed by atoms with E-state index in [2.05, 4.69) is 18.0 Å². The molecule has 5 heteroatoms. The second-order valence-electron chi connectivity index (χ2n) is 4.62. The molecule has 0 aliphatic heterocycles. The maximum absolute atomic E-state index is 10.9. The highest BCUT2D eigenvalue weighted by molar-refractivity contribution is 8.00. The first-order valence-corrected chi connectivity index (χ1v) is 7.51. The maximum atomic E-state index is 10.9. The summed E-state index contributed by atoms with van der Waals surface area (Å²) in [6.07, 6.45) is 5.10. The quantitative estimate of drug-likeness (QED) is 0.852. The molecule has 0 atom stereocenters. The van der Waals surface area contributed by atoms with E-state index in [-0.39, 0.29) is 11.7 Å². The fraction of sp³-hybridized carbons (Fsp3) is 0.500. The molecular formula is C14H17N3OS. The van der Waals surface area contributed by atoms with Gasteiger partial charge < -0.3 is 5.73 Å². The number of hydrogen-bond acceptors (Lipinski definition) is 4. The predicted molar refractivity (Wildman–Crippen MR) is 74.9 cm³/mol. The zero-order valence-electron chi connectivity index (χ0n) is 11.0. The number of rotatable bonds is 4. The molecule has 4 nitrogen and oxygen atoms in total. The number of carbonyl (C=O) groups is 1. The van der Waals surface area contributed by atoms with Gasteiger partial charge in [0.2, 0.25) is 5.91 Å². The van der Waals surface area contributed by atoms with Crippen LogP contribution < -0.4 is 5.73 Å². The van der Waals surface area contributed by atoms with Gasteiger partial charge in [0.05, 0.1) is 11.3 Å². The SMILES string of the molecule is CCc1nc(SCC(N)=O)c(C#N)c2c1CCCC2. The van der Waals surface area contributed by atoms with Crippen LogP contribution in [0.5, 0.6) is 0 Å². The highest BCUT2D eigenvalue weighted by Crippen LogP contribution is 2.32. The van der Waals surface area contributed by atoms with E-state index in [1.165, 1.54) is 23.7 Å². The number of carbonyl (C=O) groups excluding carboxylic acids is 1. The van der Waals surface area contributed by atoms with Gasteiger partial charge in [-0.25, -0.2) is 4.98 Å². The van der Waals surface area contributed by atoms with Gasteiger partial charge in [0.1, 0.15) is 11.1 Å². The van der Waals surface area contributed by atoms with Crippen molar-refractivity contribution in [3.8, 4) is 6.07 Å². The summed E-state index contributed by atoms with van der Waals surface area (Å²) < 4.78 is 0. The Morgan fingerprint density at radius 3 is 2.68 bits per heavy atom. The predicted octanol–water partition coefficient (Wildman–Crippen LogP) is 1.97. The molecule has 1 aliphatic carbocycles. The van der Waals surface area contributed by atoms with Gasteiger partial charge in [-0.2, -0.15) is 5.26 Å². The lowest BCUT2D eigenvalue weighted by atomic mass is 9.87. The topological polar surface area (TPSA) is 79.8 Å². The second kappa shape index (κ2) is 6.07. The van der Waals surface area contributed by atoms with Gasteiger partial charge in [-0.05, 0) is 43.2 Å². The Labute approximate surface area is 117 Å². The standard InChI is InChI=1S/C14H17N3OS/c1-2-12-10-6-4-3-5-9(10)11(7-15)14(17-12)19-8-13(16)18/h2-6,8H2,1H3,(H2,16,18). The minimum absolute atomic E-state index is 0.170. The fourth-order valence-corrected chi connectivity index (χ4v) is 3.29. The summed E-state index contributed by atoms with van der Waals surface area (Å²) in [7, 11) is 0. The Balaban J connectivity index is 2.48. The summed E-state index contributed by atoms with van der Waals surface area (Å²) in [6, 6.07) is 2.26. The van der Waals surface area contributed by atoms with Crippen LogP contribution in [-0.4, -0.2) is 16.6 Å². The normalized spacial score (nSPS) is 13.7. The highest BCUT2D eigenvalue weighted by atomic mass is 32.2. The van der Waals surface area contributed by atoms with Crippen LogP contribution >= 0.6 is 11.8 Å². The molecule has 2 N–H and O–H groups in total. The first-order chi connectivity index (χ1) is 9.17. The van der Waals surface area contributed by atoms with Gasteiger partial charge in [-0.1, -0.05) is 18.7 Å². The molecule has 0 spiro atoms. The number of nitriles is 1. The van der Waals surface area contributed by atoms with Gasteiger partial charge in [-0.15, -0.1) is 0 Å². The Morgan fingerprint density at radius 1 is 1.42 bits per heavy atom. The van der Waals surface area contributed by atoms with E-state index in [4.69, 9.17) is 5.73 Å². The monoisotopic (exact) mass is 275 g/mol. The van der Waals surface area contributed by atoms with E-state index >= 15 is 0 Å². The second-order valence-corrected chi connectivity index (χ2v) is 5.59. The molecule has 2 rings (SSSR count). The van der Waals surface area contributed by atoms with Crippen LogP contribution in [0, 0.1) is 11.3 Å². The highest BCUT2D eigenvalue weighted by Gasteiger charge is 2.21. The number of thioether (sulfide) groups is 1. The molecule has 1 amide bonds. The molecule has 0 radical (unpaired) electrons. The van der Waals surface area contributed by atoms with E-state index in [1.54, 1.807) is 0 Å². The van der Waals surface area contributed by atoms with Crippen molar-refractivity contribution < 1.29 is 4.79 Å². The summed E-state index contributed by atoms with van der Waals surface area (Å²) in [6.45, 7) is 2.08. The van der Waals surface area contributed by atoms with Crippen LogP contribution in [-0.2, 0) is 24.1 Å². The molecule has 19 heavy (non-hydrogen) atoms. The molecule has 100 valence electrons. The molecule has 1 aliphatic rings. The molecule has 1 aromatic heterocycles. The van der Waals surface area contributed by atoms with Crippen molar-refractivity contribution in [3.63, 3.8) is 0 Å². The number of nitrogens with two attached hydrogens (primary N) is 1. The number of primary amides is 1. The largest absolute Gasteiger partial charge is 0.369 e. The molecule has 0 saturated carbocycles. The van der Waals surface area contributed by atoms with E-state index < -0.39 is 0 Å². The third kappa shape index (κ3) is 2.90. The van der Waals surface area contributed by atoms with Gasteiger partial charge in [-0.3, -0.25) is 4.79 Å². The van der Waals surface area contributed by atoms with E-state index in [0.29, 0.717) is 10.6 Å². The number of nitrogens with zero attached hydrogens (tertiary/aromatic N) is 2. The minimum atomic E-state index is -0.383. The van der Waals surface area contributed by atoms with Crippen LogP contribution in [0.15, 0.2) is 5.03 Å². The van der Waals surface area contributed by atoms with E-state index in [9.17, 15) is 10.1 Å². The zero-order valence-corrected chi connectivity index (χ0v) is 11.8. The van der Waals surface area contributed by atoms with Crippen LogP contribution in [0.1, 0.15) is 42.1 Å². The molecule has 1 aromatic rings. The summed E-state index contributed by atoms with van der Waals surface area (Å²) in [4.78, 5) is 15.5. The van der Waals surface area contributed by atoms with Crippen molar-refractivity contribution in [3.05, 3.63) is 22.4 Å². The van der Waals surface area contributed by atoms with Crippen LogP contribution in [0.4, 0.5) is 0 Å². The van der Waals surface area contributed by atoms with Crippen LogP contribution in [0.2, 0.25) is 0 Å². The van der Waals surface area contributed by atoms with E-state index in [1.807, 2.05) is 0 Å². The molecule has 0 aromatic carbocycles. The lowest BCUT2D eigenvalue weighted by Gasteiger charge is -2.21. The van der Waals surface area contributed by atoms with Gasteiger partial charge in [0, 0.05) is 5.69 Å². The van der Waals surface area contributed by atoms with Crippen molar-refractivity contribution in [2.75, 3.05) is 5.75 Å². The fourth-order valence-electron chi connectivity index (χ4n) is 2.53. The summed E-state index contributed by atoms with van der Waals surface area (Å²) in [5.41, 5.74) is 9.29. The molecule has 0 unspecified atom stereocenters. The van der Waals surface area contributed by atoms with Gasteiger partial charge in [0.15, 0.2) is 0 Å². The summed E-state index contributed by atoms with van der Waals surface area (Å²) in [5.74, 6) is -0.213. The van der Waals surface area contributed by atoms with Crippen molar-refractivity contribution in [1.29, 1.82) is 5.26 Å². The lowest BCUT2D eigenvalue weighted by Crippen LogP contribution is -2.15. The smallest absolute Gasteiger partial charge is 0.227 e. The number of pyridine rings is 1. The average Bonchev–Trinajstić information content (AvgIpc) is 2.43. The van der Waals surface area contributed by atoms with Gasteiger partial charge >= 0.3 is 0 Å². The molecule has 0 saturated heterocycles. The third-order valence-corrected chi connectivity index (χ3v) is 4.36. The Kier molecular flexibility index (Phi) is 4.43. The third-order valence-electron chi connectivity index (χ3n) is 3.37. The summed E-state index contributed by atoms with van der Waals surface area (Å²) in [5, 5.41) is 10.0. The van der Waals surface area contributed by atoms with Crippen LogP contribution in [0.25, 0.3) is 0 Å². The van der Waals surface area contributed by atoms with E-state index in [0.717, 1.165) is 36.9 Å². The zero-order chi connectivity index (χ0) is 13.8. The number of hydrogen-bond donors (Lipinski definition) is 1. The molecule has 0 fully saturated rings. The minimum Gasteiger partial charge on any atom is -0.369 e. The van der Waals surface area contributed by atoms with Crippen LogP contribution in [0.3, 0.4) is 0 Å². The Bertz CT molecular complexity index is 549. The Hall–Kier alpha value is -1.54. The van der Waals surface area contributed by atoms with Crippen molar-refractivity contribution >= 4 is 17.7 Å². The average molecular weight is 275 g/mol. The first-order valence-electron chi connectivity index (χ1n) is 6.53. The van der Waals surface area contributed by atoms with Gasteiger partial charge in [0.25, 0.3) is 0 Å². The maximum Gasteiger partial charge on any atom is 0.227 e. The molecule has 1 heterocycles. The van der Waals surface area contributed by atoms with Crippen molar-refractivity contribution in [1.82, 2.24) is 4.98 Å². The van der Waals surface area contributed by atoms with Crippen molar-refractivity contribution in [2.45, 2.75) is 44.1 Å². The number of aromatic nitrogens is 1. The van der Waals surface area contributed by atoms with Crippen molar-refractivity contribution in [2.24, 2.45) is 5.73 Å². The number of fused-ring (bicyclic) bond motifs is 1. The molecular weight excluding hydrogens is 258 g/mol. The number of amides is 1. The number of aryl methyl sites for hydroxylation is 1. The summed E-state index contributed by atoms with van der Waals surface area (Å²) >= 11 is 1.27. The molecule has 0 bridgehead atoms. The first kappa shape index (κ1) is 13.9. The lowest BCUT2D eigenvalue weighted by molar-refractivity contribution is -0.115. The Morgan fingerprint density at radius 2 is 2.11 bits per heavy atom.